The van der Waals surface area contributed by atoms with E-state index in [-0.39, 0.29) is 16.9 Å². The van der Waals surface area contributed by atoms with E-state index in [1.165, 1.54) is 13.0 Å². The van der Waals surface area contributed by atoms with Crippen molar-refractivity contribution in [1.82, 2.24) is 0 Å². The van der Waals surface area contributed by atoms with Crippen LogP contribution in [-0.4, -0.2) is 11.5 Å². The maximum absolute atomic E-state index is 13.1. The Balaban J connectivity index is 0.00000106. The van der Waals surface area contributed by atoms with E-state index < -0.39 is 10.7 Å². The zero-order valence-electron chi connectivity index (χ0n) is 10.0. The lowest BCUT2D eigenvalue weighted by Crippen LogP contribution is -2.02. The number of benzene rings is 1. The third-order valence-corrected chi connectivity index (χ3v) is 1.84. The van der Waals surface area contributed by atoms with Crippen molar-refractivity contribution in [3.8, 4) is 0 Å². The van der Waals surface area contributed by atoms with Crippen molar-refractivity contribution in [1.29, 1.82) is 0 Å². The van der Waals surface area contributed by atoms with Crippen LogP contribution < -0.4 is 5.32 Å². The molecule has 4 nitrogen and oxygen atoms in total. The lowest BCUT2D eigenvalue weighted by molar-refractivity contribution is -0.384. The fraction of sp³-hybridized carbons (Fsp3) is 0.455. The number of aryl methyl sites for hydroxylation is 1. The van der Waals surface area contributed by atoms with Gasteiger partial charge in [0.2, 0.25) is 0 Å². The lowest BCUT2D eigenvalue weighted by Gasteiger charge is -2.05. The number of nitrogens with one attached hydrogen (secondary N) is 1. The summed E-state index contributed by atoms with van der Waals surface area (Å²) in [4.78, 5) is 10.1. The molecule has 1 aromatic carbocycles. The summed E-state index contributed by atoms with van der Waals surface area (Å²) in [6.07, 6.45) is 0. The number of rotatable bonds is 3. The number of nitro groups is 1. The van der Waals surface area contributed by atoms with Gasteiger partial charge in [0, 0.05) is 18.7 Å². The summed E-state index contributed by atoms with van der Waals surface area (Å²) in [5, 5.41) is 13.3. The largest absolute Gasteiger partial charge is 0.380 e. The average Bonchev–Trinajstić information content (AvgIpc) is 2.26. The molecule has 0 unspecified atom stereocenters. The minimum Gasteiger partial charge on any atom is -0.380 e. The summed E-state index contributed by atoms with van der Waals surface area (Å²) in [6.45, 7) is 7.81. The summed E-state index contributed by atoms with van der Waals surface area (Å²) in [5.41, 5.74) is 0.407. The number of nitro benzene ring substituents is 1. The number of anilines is 1. The van der Waals surface area contributed by atoms with Crippen molar-refractivity contribution in [2.24, 2.45) is 0 Å². The van der Waals surface area contributed by atoms with Crippen molar-refractivity contribution >= 4 is 11.4 Å². The fourth-order valence-electron chi connectivity index (χ4n) is 1.15. The van der Waals surface area contributed by atoms with E-state index in [0.29, 0.717) is 6.54 Å². The highest BCUT2D eigenvalue weighted by molar-refractivity contribution is 5.62. The molecule has 1 N–H and O–H groups in total. The van der Waals surface area contributed by atoms with E-state index in [4.69, 9.17) is 0 Å². The Labute approximate surface area is 94.6 Å². The normalized spacial score (nSPS) is 9.06. The molecule has 0 aliphatic rings. The Morgan fingerprint density at radius 1 is 1.44 bits per heavy atom. The van der Waals surface area contributed by atoms with Crippen LogP contribution >= 0.6 is 0 Å². The Morgan fingerprint density at radius 2 is 2.00 bits per heavy atom. The highest BCUT2D eigenvalue weighted by atomic mass is 19.1. The first-order valence-corrected chi connectivity index (χ1v) is 5.24. The van der Waals surface area contributed by atoms with Crippen LogP contribution in [0.3, 0.4) is 0 Å². The molecule has 0 aromatic heterocycles. The molecule has 0 spiro atoms. The van der Waals surface area contributed by atoms with Crippen molar-refractivity contribution in [3.63, 3.8) is 0 Å². The monoisotopic (exact) mass is 228 g/mol. The Hall–Kier alpha value is -1.65. The van der Waals surface area contributed by atoms with Crippen molar-refractivity contribution in [2.75, 3.05) is 11.9 Å². The fourth-order valence-corrected chi connectivity index (χ4v) is 1.15. The molecule has 0 radical (unpaired) electrons. The van der Waals surface area contributed by atoms with Crippen LogP contribution in [0.4, 0.5) is 15.8 Å². The Morgan fingerprint density at radius 3 is 2.44 bits per heavy atom. The summed E-state index contributed by atoms with van der Waals surface area (Å²) < 4.78 is 13.1. The van der Waals surface area contributed by atoms with Gasteiger partial charge in [-0.1, -0.05) is 13.8 Å². The van der Waals surface area contributed by atoms with E-state index in [2.05, 4.69) is 5.32 Å². The van der Waals surface area contributed by atoms with E-state index in [1.807, 2.05) is 13.8 Å². The molecule has 0 heterocycles. The van der Waals surface area contributed by atoms with Gasteiger partial charge in [0.25, 0.3) is 5.69 Å². The van der Waals surface area contributed by atoms with Crippen LogP contribution in [0, 0.1) is 22.9 Å². The molecule has 0 bridgehead atoms. The van der Waals surface area contributed by atoms with Crippen LogP contribution in [0.1, 0.15) is 26.3 Å². The smallest absolute Gasteiger partial charge is 0.292 e. The van der Waals surface area contributed by atoms with E-state index in [9.17, 15) is 14.5 Å². The minimum absolute atomic E-state index is 0.0919. The zero-order valence-corrected chi connectivity index (χ0v) is 10.0. The first kappa shape index (κ1) is 14.3. The molecule has 0 saturated heterocycles. The van der Waals surface area contributed by atoms with Gasteiger partial charge in [0.05, 0.1) is 4.92 Å². The van der Waals surface area contributed by atoms with Gasteiger partial charge in [0.1, 0.15) is 11.5 Å². The maximum Gasteiger partial charge on any atom is 0.292 e. The van der Waals surface area contributed by atoms with Crippen molar-refractivity contribution in [2.45, 2.75) is 27.7 Å². The average molecular weight is 228 g/mol. The van der Waals surface area contributed by atoms with Gasteiger partial charge in [-0.2, -0.15) is 0 Å². The number of halogens is 1. The van der Waals surface area contributed by atoms with Gasteiger partial charge in [-0.3, -0.25) is 10.1 Å². The predicted molar refractivity (Wildman–Crippen MR) is 63.3 cm³/mol. The van der Waals surface area contributed by atoms with Crippen molar-refractivity contribution < 1.29 is 9.31 Å². The SMILES string of the molecule is CC.CCNc1cc(F)c(C)cc1[N+](=O)[O-]. The molecular formula is C11H17FN2O2. The van der Waals surface area contributed by atoms with Crippen LogP contribution in [0.2, 0.25) is 0 Å². The standard InChI is InChI=1S/C9H11FN2O2.C2H6/c1-3-11-8-5-7(10)6(2)4-9(8)12(13)14;1-2/h4-5,11H,3H2,1-2H3;1-2H3. The van der Waals surface area contributed by atoms with E-state index >= 15 is 0 Å². The molecule has 0 atom stereocenters. The number of hydrogen-bond acceptors (Lipinski definition) is 3. The van der Waals surface area contributed by atoms with Gasteiger partial charge in [-0.05, 0) is 19.4 Å². The van der Waals surface area contributed by atoms with Gasteiger partial charge in [-0.15, -0.1) is 0 Å². The Kier molecular flexibility index (Phi) is 6.07. The second-order valence-corrected chi connectivity index (χ2v) is 2.91. The summed E-state index contributed by atoms with van der Waals surface area (Å²) in [7, 11) is 0. The molecule has 16 heavy (non-hydrogen) atoms. The van der Waals surface area contributed by atoms with E-state index in [0.717, 1.165) is 6.07 Å². The van der Waals surface area contributed by atoms with Gasteiger partial charge in [-0.25, -0.2) is 4.39 Å². The zero-order chi connectivity index (χ0) is 12.7. The third kappa shape index (κ3) is 3.49. The summed E-state index contributed by atoms with van der Waals surface area (Å²) in [5.74, 6) is -0.438. The molecule has 90 valence electrons. The van der Waals surface area contributed by atoms with Gasteiger partial charge < -0.3 is 5.32 Å². The summed E-state index contributed by atoms with van der Waals surface area (Å²) >= 11 is 0. The second kappa shape index (κ2) is 6.76. The van der Waals surface area contributed by atoms with Crippen LogP contribution in [0.15, 0.2) is 12.1 Å². The molecule has 0 amide bonds. The number of nitrogens with zero attached hydrogens (tertiary/aromatic N) is 1. The molecule has 1 rings (SSSR count). The summed E-state index contributed by atoms with van der Waals surface area (Å²) in [6, 6.07) is 2.38. The molecular weight excluding hydrogens is 211 g/mol. The van der Waals surface area contributed by atoms with Crippen LogP contribution in [-0.2, 0) is 0 Å². The molecule has 0 aliphatic heterocycles. The molecule has 5 heteroatoms. The van der Waals surface area contributed by atoms with Crippen LogP contribution in [0.25, 0.3) is 0 Å². The first-order chi connectivity index (χ1) is 7.56. The highest BCUT2D eigenvalue weighted by Gasteiger charge is 2.15. The lowest BCUT2D eigenvalue weighted by atomic mass is 10.2. The number of hydrogen-bond donors (Lipinski definition) is 1. The van der Waals surface area contributed by atoms with Crippen LogP contribution in [0.5, 0.6) is 0 Å². The van der Waals surface area contributed by atoms with Gasteiger partial charge >= 0.3 is 0 Å². The third-order valence-electron chi connectivity index (χ3n) is 1.84. The highest BCUT2D eigenvalue weighted by Crippen LogP contribution is 2.27. The molecule has 0 saturated carbocycles. The van der Waals surface area contributed by atoms with Crippen molar-refractivity contribution in [3.05, 3.63) is 33.6 Å². The molecule has 0 fully saturated rings. The maximum atomic E-state index is 13.1. The minimum atomic E-state index is -0.523. The molecule has 0 aliphatic carbocycles. The Bertz CT molecular complexity index is 367. The van der Waals surface area contributed by atoms with E-state index in [1.54, 1.807) is 6.92 Å². The quantitative estimate of drug-likeness (QED) is 0.636. The molecule has 1 aromatic rings. The predicted octanol–water partition coefficient (Wildman–Crippen LogP) is 3.50. The van der Waals surface area contributed by atoms with Gasteiger partial charge in [0.15, 0.2) is 0 Å². The second-order valence-electron chi connectivity index (χ2n) is 2.91. The topological polar surface area (TPSA) is 55.2 Å². The first-order valence-electron chi connectivity index (χ1n) is 5.24.